The molecule has 0 bridgehead atoms. The predicted molar refractivity (Wildman–Crippen MR) is 68.5 cm³/mol. The summed E-state index contributed by atoms with van der Waals surface area (Å²) in [4.78, 5) is 0. The van der Waals surface area contributed by atoms with Crippen LogP contribution in [0.1, 0.15) is 11.1 Å². The lowest BCUT2D eigenvalue weighted by molar-refractivity contribution is 0.305. The molecule has 0 saturated carbocycles. The minimum absolute atomic E-state index is 0.450. The fourth-order valence-electron chi connectivity index (χ4n) is 1.60. The van der Waals surface area contributed by atoms with Crippen LogP contribution in [0.25, 0.3) is 0 Å². The second-order valence-electron chi connectivity index (χ2n) is 3.75. The van der Waals surface area contributed by atoms with E-state index in [1.165, 1.54) is 0 Å². The Morgan fingerprint density at radius 2 is 1.89 bits per heavy atom. The summed E-state index contributed by atoms with van der Waals surface area (Å²) in [5.74, 6) is 1.40. The van der Waals surface area contributed by atoms with Gasteiger partial charge in [0.15, 0.2) is 0 Å². The van der Waals surface area contributed by atoms with Crippen molar-refractivity contribution in [1.29, 1.82) is 5.26 Å². The third-order valence-corrected chi connectivity index (χ3v) is 2.54. The van der Waals surface area contributed by atoms with Gasteiger partial charge >= 0.3 is 0 Å². The molecular formula is C15H13NO2. The molecule has 2 aromatic rings. The van der Waals surface area contributed by atoms with E-state index in [9.17, 15) is 0 Å². The molecule has 2 rings (SSSR count). The number of rotatable bonds is 4. The van der Waals surface area contributed by atoms with Crippen LogP contribution < -0.4 is 9.47 Å². The van der Waals surface area contributed by atoms with E-state index >= 15 is 0 Å². The number of methoxy groups -OCH3 is 1. The van der Waals surface area contributed by atoms with Gasteiger partial charge in [-0.3, -0.25) is 0 Å². The Balaban J connectivity index is 2.09. The molecule has 0 aliphatic carbocycles. The van der Waals surface area contributed by atoms with E-state index in [-0.39, 0.29) is 0 Å². The fraction of sp³-hybridized carbons (Fsp3) is 0.133. The van der Waals surface area contributed by atoms with Crippen LogP contribution in [0.15, 0.2) is 48.5 Å². The molecule has 90 valence electrons. The first-order valence-electron chi connectivity index (χ1n) is 5.58. The van der Waals surface area contributed by atoms with Crippen LogP contribution in [0.3, 0.4) is 0 Å². The van der Waals surface area contributed by atoms with Gasteiger partial charge < -0.3 is 9.47 Å². The molecule has 3 nitrogen and oxygen atoms in total. The Morgan fingerprint density at radius 1 is 1.11 bits per heavy atom. The van der Waals surface area contributed by atoms with Gasteiger partial charge in [-0.05, 0) is 29.8 Å². The van der Waals surface area contributed by atoms with Crippen molar-refractivity contribution < 1.29 is 9.47 Å². The number of benzene rings is 2. The van der Waals surface area contributed by atoms with Crippen LogP contribution in [0.2, 0.25) is 0 Å². The monoisotopic (exact) mass is 239 g/mol. The van der Waals surface area contributed by atoms with Gasteiger partial charge in [0, 0.05) is 0 Å². The van der Waals surface area contributed by atoms with Crippen molar-refractivity contribution in [3.63, 3.8) is 0 Å². The standard InChI is InChI=1S/C15H13NO2/c1-17-15-9-12(7-8-13(15)10-16)11-18-14-5-3-2-4-6-14/h2-9H,11H2,1H3. The van der Waals surface area contributed by atoms with Crippen molar-refractivity contribution in [3.8, 4) is 17.6 Å². The minimum Gasteiger partial charge on any atom is -0.495 e. The van der Waals surface area contributed by atoms with Crippen LogP contribution in [0.4, 0.5) is 0 Å². The maximum Gasteiger partial charge on any atom is 0.137 e. The summed E-state index contributed by atoms with van der Waals surface area (Å²) < 4.78 is 10.8. The zero-order valence-electron chi connectivity index (χ0n) is 10.1. The highest BCUT2D eigenvalue weighted by Crippen LogP contribution is 2.20. The molecule has 0 fully saturated rings. The second kappa shape index (κ2) is 5.74. The minimum atomic E-state index is 0.450. The molecule has 0 saturated heterocycles. The summed E-state index contributed by atoms with van der Waals surface area (Å²) in [6.45, 7) is 0.450. The maximum atomic E-state index is 8.89. The number of nitriles is 1. The molecule has 0 heterocycles. The summed E-state index contributed by atoms with van der Waals surface area (Å²) in [6, 6.07) is 17.1. The Kier molecular flexibility index (Phi) is 3.83. The Bertz CT molecular complexity index is 558. The number of ether oxygens (including phenoxy) is 2. The molecule has 2 aromatic carbocycles. The molecule has 0 aliphatic heterocycles. The summed E-state index contributed by atoms with van der Waals surface area (Å²) in [5, 5.41) is 8.89. The molecule has 0 aromatic heterocycles. The van der Waals surface area contributed by atoms with E-state index in [2.05, 4.69) is 6.07 Å². The van der Waals surface area contributed by atoms with Crippen molar-refractivity contribution >= 4 is 0 Å². The van der Waals surface area contributed by atoms with Crippen LogP contribution in [-0.2, 0) is 6.61 Å². The lowest BCUT2D eigenvalue weighted by atomic mass is 10.1. The van der Waals surface area contributed by atoms with Crippen molar-refractivity contribution in [2.45, 2.75) is 6.61 Å². The number of nitrogens with zero attached hydrogens (tertiary/aromatic N) is 1. The molecule has 18 heavy (non-hydrogen) atoms. The summed E-state index contributed by atoms with van der Waals surface area (Å²) >= 11 is 0. The first kappa shape index (κ1) is 12.0. The van der Waals surface area contributed by atoms with E-state index in [1.807, 2.05) is 42.5 Å². The largest absolute Gasteiger partial charge is 0.495 e. The average molecular weight is 239 g/mol. The quantitative estimate of drug-likeness (QED) is 0.823. The van der Waals surface area contributed by atoms with Crippen molar-refractivity contribution in [1.82, 2.24) is 0 Å². The first-order chi connectivity index (χ1) is 8.83. The van der Waals surface area contributed by atoms with Crippen molar-refractivity contribution in [2.24, 2.45) is 0 Å². The van der Waals surface area contributed by atoms with Gasteiger partial charge in [0.1, 0.15) is 24.2 Å². The maximum absolute atomic E-state index is 8.89. The van der Waals surface area contributed by atoms with Crippen LogP contribution >= 0.6 is 0 Å². The zero-order valence-corrected chi connectivity index (χ0v) is 10.1. The van der Waals surface area contributed by atoms with Gasteiger partial charge in [0.2, 0.25) is 0 Å². The van der Waals surface area contributed by atoms with Gasteiger partial charge in [-0.15, -0.1) is 0 Å². The van der Waals surface area contributed by atoms with Gasteiger partial charge in [0.25, 0.3) is 0 Å². The van der Waals surface area contributed by atoms with Crippen LogP contribution in [0, 0.1) is 11.3 Å². The molecule has 0 atom stereocenters. The van der Waals surface area contributed by atoms with Gasteiger partial charge in [0.05, 0.1) is 12.7 Å². The molecule has 0 spiro atoms. The van der Waals surface area contributed by atoms with Crippen molar-refractivity contribution in [2.75, 3.05) is 7.11 Å². The molecule has 0 aliphatic rings. The Labute approximate surface area is 106 Å². The van der Waals surface area contributed by atoms with Crippen LogP contribution in [0.5, 0.6) is 11.5 Å². The summed E-state index contributed by atoms with van der Waals surface area (Å²) in [7, 11) is 1.55. The smallest absolute Gasteiger partial charge is 0.137 e. The fourth-order valence-corrected chi connectivity index (χ4v) is 1.60. The van der Waals surface area contributed by atoms with Crippen molar-refractivity contribution in [3.05, 3.63) is 59.7 Å². The lowest BCUT2D eigenvalue weighted by Crippen LogP contribution is -1.97. The third-order valence-electron chi connectivity index (χ3n) is 2.54. The molecular weight excluding hydrogens is 226 g/mol. The lowest BCUT2D eigenvalue weighted by Gasteiger charge is -2.08. The molecule has 0 radical (unpaired) electrons. The SMILES string of the molecule is COc1cc(COc2ccccc2)ccc1C#N. The van der Waals surface area contributed by atoms with E-state index in [0.717, 1.165) is 11.3 Å². The molecule has 3 heteroatoms. The topological polar surface area (TPSA) is 42.2 Å². The summed E-state index contributed by atoms with van der Waals surface area (Å²) in [5.41, 5.74) is 1.50. The van der Waals surface area contributed by atoms with E-state index < -0.39 is 0 Å². The number of hydrogen-bond donors (Lipinski definition) is 0. The van der Waals surface area contributed by atoms with Gasteiger partial charge in [-0.25, -0.2) is 0 Å². The number of hydrogen-bond acceptors (Lipinski definition) is 3. The van der Waals surface area contributed by atoms with E-state index in [0.29, 0.717) is 17.9 Å². The highest BCUT2D eigenvalue weighted by atomic mass is 16.5. The summed E-state index contributed by atoms with van der Waals surface area (Å²) in [6.07, 6.45) is 0. The predicted octanol–water partition coefficient (Wildman–Crippen LogP) is 3.15. The highest BCUT2D eigenvalue weighted by molar-refractivity contribution is 5.45. The third kappa shape index (κ3) is 2.80. The number of para-hydroxylation sites is 1. The Hall–Kier alpha value is -2.47. The molecule has 0 amide bonds. The van der Waals surface area contributed by atoms with Gasteiger partial charge in [-0.2, -0.15) is 5.26 Å². The Morgan fingerprint density at radius 3 is 2.56 bits per heavy atom. The first-order valence-corrected chi connectivity index (χ1v) is 5.58. The zero-order chi connectivity index (χ0) is 12.8. The van der Waals surface area contributed by atoms with Gasteiger partial charge in [-0.1, -0.05) is 24.3 Å². The van der Waals surface area contributed by atoms with Crippen LogP contribution in [-0.4, -0.2) is 7.11 Å². The molecule has 0 N–H and O–H groups in total. The highest BCUT2D eigenvalue weighted by Gasteiger charge is 2.04. The average Bonchev–Trinajstić information content (AvgIpc) is 2.45. The molecule has 0 unspecified atom stereocenters. The second-order valence-corrected chi connectivity index (χ2v) is 3.75. The van der Waals surface area contributed by atoms with E-state index in [1.54, 1.807) is 13.2 Å². The normalized spacial score (nSPS) is 9.56. The van der Waals surface area contributed by atoms with E-state index in [4.69, 9.17) is 14.7 Å².